The Morgan fingerprint density at radius 2 is 2.17 bits per heavy atom. The van der Waals surface area contributed by atoms with E-state index in [1.165, 1.54) is 35.5 Å². The first-order valence-electron chi connectivity index (χ1n) is 4.65. The van der Waals surface area contributed by atoms with Crippen LogP contribution >= 0.6 is 15.9 Å². The zero-order valence-corrected chi connectivity index (χ0v) is 11.3. The molecule has 12 heavy (non-hydrogen) atoms. The fraction of sp³-hybridized carbons (Fsp3) is 0.600. The zero-order chi connectivity index (χ0) is 8.81. The van der Waals surface area contributed by atoms with E-state index in [1.54, 1.807) is 5.57 Å². The second kappa shape index (κ2) is 6.01. The minimum atomic E-state index is 0.108. The molecule has 0 aromatic heterocycles. The van der Waals surface area contributed by atoms with Crippen LogP contribution in [0.15, 0.2) is 20.0 Å². The Hall–Kier alpha value is 0.479. The number of rotatable bonds is 5. The van der Waals surface area contributed by atoms with Gasteiger partial charge >= 0.3 is 89.9 Å². The summed E-state index contributed by atoms with van der Waals surface area (Å²) < 4.78 is 1.47. The average molecular weight is 296 g/mol. The quantitative estimate of drug-likeness (QED) is 0.539. The van der Waals surface area contributed by atoms with Crippen molar-refractivity contribution in [3.63, 3.8) is 0 Å². The van der Waals surface area contributed by atoms with Crippen LogP contribution in [0.2, 0.25) is 0 Å². The van der Waals surface area contributed by atoms with Crippen molar-refractivity contribution in [3.8, 4) is 0 Å². The van der Waals surface area contributed by atoms with Crippen molar-refractivity contribution < 1.29 is 0 Å². The topological polar surface area (TPSA) is 0 Å². The fourth-order valence-corrected chi connectivity index (χ4v) is 3.92. The molecule has 0 aromatic carbocycles. The molecule has 0 N–H and O–H groups in total. The van der Waals surface area contributed by atoms with Gasteiger partial charge in [-0.2, -0.15) is 0 Å². The Labute approximate surface area is 89.8 Å². The van der Waals surface area contributed by atoms with Crippen molar-refractivity contribution in [2.45, 2.75) is 39.0 Å². The van der Waals surface area contributed by atoms with Gasteiger partial charge in [0.25, 0.3) is 0 Å². The van der Waals surface area contributed by atoms with Gasteiger partial charge in [0.2, 0.25) is 0 Å². The average Bonchev–Trinajstić information content (AvgIpc) is 2.45. The maximum absolute atomic E-state index is 3.57. The Morgan fingerprint density at radius 1 is 1.33 bits per heavy atom. The fourth-order valence-electron chi connectivity index (χ4n) is 1.31. The molecule has 0 saturated heterocycles. The van der Waals surface area contributed by atoms with Crippen LogP contribution < -0.4 is 0 Å². The van der Waals surface area contributed by atoms with Crippen molar-refractivity contribution in [2.75, 3.05) is 0 Å². The van der Waals surface area contributed by atoms with Gasteiger partial charge in [-0.15, -0.1) is 0 Å². The van der Waals surface area contributed by atoms with Crippen molar-refractivity contribution in [3.05, 3.63) is 20.0 Å². The summed E-state index contributed by atoms with van der Waals surface area (Å²) in [6, 6.07) is 0. The Bertz CT molecular complexity index is 194. The summed E-state index contributed by atoms with van der Waals surface area (Å²) in [6.45, 7) is 2.26. The molecular formula is C10H17BrSe. The molecular weight excluding hydrogens is 279 g/mol. The van der Waals surface area contributed by atoms with E-state index in [2.05, 4.69) is 33.9 Å². The van der Waals surface area contributed by atoms with Gasteiger partial charge in [-0.1, -0.05) is 0 Å². The summed E-state index contributed by atoms with van der Waals surface area (Å²) in [4.78, 5) is 2.45. The first-order chi connectivity index (χ1) is 5.83. The van der Waals surface area contributed by atoms with Gasteiger partial charge in [0.05, 0.1) is 0 Å². The second-order valence-corrected chi connectivity index (χ2v) is 7.90. The van der Waals surface area contributed by atoms with E-state index in [0.717, 1.165) is 0 Å². The van der Waals surface area contributed by atoms with Crippen molar-refractivity contribution in [1.82, 2.24) is 0 Å². The van der Waals surface area contributed by atoms with Crippen LogP contribution in [0.25, 0.3) is 0 Å². The normalized spacial score (nSPS) is 19.5. The van der Waals surface area contributed by atoms with Gasteiger partial charge in [-0.3, -0.25) is 0 Å². The molecule has 1 rings (SSSR count). The molecule has 0 radical (unpaired) electrons. The first-order valence-corrected chi connectivity index (χ1v) is 7.71. The van der Waals surface area contributed by atoms with Gasteiger partial charge in [0, 0.05) is 0 Å². The summed E-state index contributed by atoms with van der Waals surface area (Å²) >= 11 is 3.67. The molecule has 1 aliphatic rings. The van der Waals surface area contributed by atoms with Gasteiger partial charge in [0.1, 0.15) is 0 Å². The van der Waals surface area contributed by atoms with E-state index in [4.69, 9.17) is 0 Å². The van der Waals surface area contributed by atoms with Gasteiger partial charge in [-0.25, -0.2) is 0 Å². The molecule has 0 aromatic rings. The van der Waals surface area contributed by atoms with E-state index in [1.807, 2.05) is 0 Å². The van der Waals surface area contributed by atoms with Gasteiger partial charge in [0.15, 0.2) is 0 Å². The van der Waals surface area contributed by atoms with Crippen LogP contribution in [0, 0.1) is 0 Å². The zero-order valence-electron chi connectivity index (χ0n) is 7.57. The summed E-state index contributed by atoms with van der Waals surface area (Å²) in [7, 11) is 0. The number of hydrogen-bond donors (Lipinski definition) is 0. The predicted octanol–water partition coefficient (Wildman–Crippen LogP) is 3.26. The Balaban J connectivity index is 2.08. The molecule has 0 unspecified atom stereocenters. The third-order valence-corrected chi connectivity index (χ3v) is 5.41. The number of unbranched alkanes of at least 4 members (excludes halogenated alkanes) is 3. The molecule has 1 aliphatic heterocycles. The molecule has 0 aliphatic carbocycles. The van der Waals surface area contributed by atoms with Crippen molar-refractivity contribution in [1.29, 1.82) is 0 Å². The van der Waals surface area contributed by atoms with Crippen LogP contribution in [0.4, 0.5) is 0 Å². The summed E-state index contributed by atoms with van der Waals surface area (Å²) in [5.41, 5.74) is 1.58. The molecule has 70 valence electrons. The van der Waals surface area contributed by atoms with Crippen molar-refractivity contribution in [2.24, 2.45) is 0 Å². The SMILES string of the molecule is CCCCCCC1=C[SeH2]C(Br)=C1. The van der Waals surface area contributed by atoms with Crippen molar-refractivity contribution >= 4 is 30.9 Å². The Kier molecular flexibility index (Phi) is 5.29. The third-order valence-electron chi connectivity index (χ3n) is 2.03. The number of halogens is 1. The van der Waals surface area contributed by atoms with Crippen LogP contribution in [0.3, 0.4) is 0 Å². The van der Waals surface area contributed by atoms with Crippen LogP contribution in [0.1, 0.15) is 39.0 Å². The number of allylic oxidation sites excluding steroid dienone is 2. The Morgan fingerprint density at radius 3 is 2.75 bits per heavy atom. The van der Waals surface area contributed by atoms with Crippen LogP contribution in [-0.4, -0.2) is 15.0 Å². The van der Waals surface area contributed by atoms with E-state index in [0.29, 0.717) is 0 Å². The predicted molar refractivity (Wildman–Crippen MR) is 62.4 cm³/mol. The molecule has 0 spiro atoms. The minimum absolute atomic E-state index is 0.108. The standard InChI is InChI=1S/C10H17BrSe/c1-2-3-4-5-6-9-7-10(11)12-8-9/h7-8H,2-6,12H2,1H3. The van der Waals surface area contributed by atoms with Crippen LogP contribution in [0.5, 0.6) is 0 Å². The first kappa shape index (κ1) is 10.6. The molecule has 2 heteroatoms. The molecule has 0 saturated carbocycles. The molecule has 0 bridgehead atoms. The molecule has 1 heterocycles. The molecule has 0 fully saturated rings. The second-order valence-electron chi connectivity index (χ2n) is 3.17. The molecule has 0 amide bonds. The molecule has 0 atom stereocenters. The van der Waals surface area contributed by atoms with E-state index < -0.39 is 0 Å². The molecule has 0 nitrogen and oxygen atoms in total. The van der Waals surface area contributed by atoms with Gasteiger partial charge < -0.3 is 0 Å². The summed E-state index contributed by atoms with van der Waals surface area (Å²) in [5, 5.41) is 0. The van der Waals surface area contributed by atoms with E-state index in [9.17, 15) is 0 Å². The summed E-state index contributed by atoms with van der Waals surface area (Å²) in [6.07, 6.45) is 9.15. The summed E-state index contributed by atoms with van der Waals surface area (Å²) in [5.74, 6) is 0. The number of hydrogen-bond acceptors (Lipinski definition) is 0. The monoisotopic (exact) mass is 296 g/mol. The van der Waals surface area contributed by atoms with Crippen LogP contribution in [-0.2, 0) is 0 Å². The maximum atomic E-state index is 3.57. The van der Waals surface area contributed by atoms with E-state index >= 15 is 0 Å². The van der Waals surface area contributed by atoms with E-state index in [-0.39, 0.29) is 15.0 Å². The third kappa shape index (κ3) is 3.93. The van der Waals surface area contributed by atoms with Gasteiger partial charge in [-0.05, 0) is 0 Å².